The number of rotatable bonds is 8. The van der Waals surface area contributed by atoms with Crippen molar-refractivity contribution in [2.75, 3.05) is 27.8 Å². The second-order valence-corrected chi connectivity index (χ2v) is 7.28. The summed E-state index contributed by atoms with van der Waals surface area (Å²) in [5.74, 6) is -0.0621. The Bertz CT molecular complexity index is 602. The lowest BCUT2D eigenvalue weighted by Crippen LogP contribution is -2.43. The average molecular weight is 343 g/mol. The molecule has 1 atom stereocenters. The van der Waals surface area contributed by atoms with Crippen molar-refractivity contribution in [2.45, 2.75) is 25.3 Å². The van der Waals surface area contributed by atoms with Crippen LogP contribution in [-0.4, -0.2) is 53.2 Å². The van der Waals surface area contributed by atoms with Gasteiger partial charge in [0.05, 0.1) is 18.4 Å². The van der Waals surface area contributed by atoms with Crippen LogP contribution in [0.25, 0.3) is 0 Å². The molecule has 1 aromatic rings. The van der Waals surface area contributed by atoms with Crippen LogP contribution in [0.5, 0.6) is 0 Å². The minimum Gasteiger partial charge on any atom is -0.383 e. The summed E-state index contributed by atoms with van der Waals surface area (Å²) in [6.07, 6.45) is 0. The van der Waals surface area contributed by atoms with E-state index in [0.29, 0.717) is 18.7 Å². The second kappa shape index (κ2) is 8.85. The quantitative estimate of drug-likeness (QED) is 0.734. The molecular weight excluding hydrogens is 318 g/mol. The highest BCUT2D eigenvalue weighted by Crippen LogP contribution is 2.08. The molecule has 1 aromatic carbocycles. The molecule has 0 fully saturated rings. The van der Waals surface area contributed by atoms with Crippen molar-refractivity contribution >= 4 is 16.1 Å². The van der Waals surface area contributed by atoms with E-state index in [9.17, 15) is 13.2 Å². The Morgan fingerprint density at radius 3 is 2.35 bits per heavy atom. The molecule has 0 radical (unpaired) electrons. The lowest BCUT2D eigenvalue weighted by atomic mass is 10.1. The van der Waals surface area contributed by atoms with Crippen molar-refractivity contribution < 1.29 is 17.9 Å². The number of carbonyl (C=O) groups excluding carboxylic acids is 1. The highest BCUT2D eigenvalue weighted by Gasteiger charge is 2.15. The summed E-state index contributed by atoms with van der Waals surface area (Å²) in [5.41, 5.74) is 1.59. The summed E-state index contributed by atoms with van der Waals surface area (Å²) < 4.78 is 30.3. The maximum Gasteiger partial charge on any atom is 0.317 e. The van der Waals surface area contributed by atoms with Crippen LogP contribution < -0.4 is 10.0 Å². The van der Waals surface area contributed by atoms with Crippen LogP contribution in [0.1, 0.15) is 18.1 Å². The molecule has 0 saturated carbocycles. The Kier molecular flexibility index (Phi) is 7.47. The maximum atomic E-state index is 12.0. The van der Waals surface area contributed by atoms with Gasteiger partial charge in [0.2, 0.25) is 10.0 Å². The minimum atomic E-state index is -3.28. The zero-order chi connectivity index (χ0) is 17.5. The summed E-state index contributed by atoms with van der Waals surface area (Å²) in [6.45, 7) is 2.75. The fourth-order valence-electron chi connectivity index (χ4n) is 1.90. The van der Waals surface area contributed by atoms with Gasteiger partial charge in [0.25, 0.3) is 0 Å². The molecule has 23 heavy (non-hydrogen) atoms. The van der Waals surface area contributed by atoms with Gasteiger partial charge in [0.1, 0.15) is 0 Å². The number of amides is 2. The first-order valence-electron chi connectivity index (χ1n) is 7.27. The first-order chi connectivity index (χ1) is 10.8. The summed E-state index contributed by atoms with van der Waals surface area (Å²) >= 11 is 0. The van der Waals surface area contributed by atoms with Crippen LogP contribution >= 0.6 is 0 Å². The molecule has 0 aliphatic heterocycles. The molecule has 2 amide bonds. The number of urea groups is 1. The molecule has 0 aliphatic carbocycles. The predicted octanol–water partition coefficient (Wildman–Crippen LogP) is 0.912. The molecule has 0 heterocycles. The number of hydrogen-bond acceptors (Lipinski definition) is 4. The van der Waals surface area contributed by atoms with Gasteiger partial charge in [0, 0.05) is 20.7 Å². The SMILES string of the molecule is CNS(=O)(=O)Cc1ccc(CNC(=O)N(C)[C@@H](C)COC)cc1. The van der Waals surface area contributed by atoms with Crippen molar-refractivity contribution in [3.05, 3.63) is 35.4 Å². The standard InChI is InChI=1S/C15H25N3O4S/c1-12(10-22-4)18(3)15(19)17-9-13-5-7-14(8-6-13)11-23(20,21)16-2/h5-8,12,16H,9-11H2,1-4H3,(H,17,19)/t12-/m0/s1. The molecule has 0 spiro atoms. The van der Waals surface area contributed by atoms with E-state index >= 15 is 0 Å². The van der Waals surface area contributed by atoms with Gasteiger partial charge >= 0.3 is 6.03 Å². The monoisotopic (exact) mass is 343 g/mol. The molecule has 0 aliphatic rings. The number of methoxy groups -OCH3 is 1. The number of nitrogens with one attached hydrogen (secondary N) is 2. The molecular formula is C15H25N3O4S. The third-order valence-electron chi connectivity index (χ3n) is 3.52. The Labute approximate surface area is 138 Å². The van der Waals surface area contributed by atoms with Crippen molar-refractivity contribution in [3.8, 4) is 0 Å². The highest BCUT2D eigenvalue weighted by molar-refractivity contribution is 7.88. The second-order valence-electron chi connectivity index (χ2n) is 5.35. The first-order valence-corrected chi connectivity index (χ1v) is 8.93. The summed E-state index contributed by atoms with van der Waals surface area (Å²) in [5, 5.41) is 2.82. The summed E-state index contributed by atoms with van der Waals surface area (Å²) in [7, 11) is 1.42. The molecule has 0 saturated heterocycles. The molecule has 0 aromatic heterocycles. The number of likely N-dealkylation sites (N-methyl/N-ethyl adjacent to an activating group) is 1. The zero-order valence-corrected chi connectivity index (χ0v) is 14.8. The lowest BCUT2D eigenvalue weighted by molar-refractivity contribution is 0.123. The number of sulfonamides is 1. The number of hydrogen-bond donors (Lipinski definition) is 2. The fraction of sp³-hybridized carbons (Fsp3) is 0.533. The van der Waals surface area contributed by atoms with E-state index in [4.69, 9.17) is 4.74 Å². The minimum absolute atomic E-state index is 0.0193. The van der Waals surface area contributed by atoms with E-state index in [1.165, 1.54) is 7.05 Å². The highest BCUT2D eigenvalue weighted by atomic mass is 32.2. The Morgan fingerprint density at radius 2 is 1.83 bits per heavy atom. The van der Waals surface area contributed by atoms with E-state index in [-0.39, 0.29) is 17.8 Å². The number of carbonyl (C=O) groups is 1. The van der Waals surface area contributed by atoms with E-state index in [1.54, 1.807) is 43.3 Å². The number of ether oxygens (including phenoxy) is 1. The van der Waals surface area contributed by atoms with Gasteiger partial charge in [-0.05, 0) is 25.1 Å². The van der Waals surface area contributed by atoms with Gasteiger partial charge in [-0.1, -0.05) is 24.3 Å². The van der Waals surface area contributed by atoms with Crippen LogP contribution in [0, 0.1) is 0 Å². The van der Waals surface area contributed by atoms with Gasteiger partial charge in [-0.25, -0.2) is 17.9 Å². The largest absolute Gasteiger partial charge is 0.383 e. The predicted molar refractivity (Wildman–Crippen MR) is 89.5 cm³/mol. The Morgan fingerprint density at radius 1 is 1.26 bits per heavy atom. The lowest BCUT2D eigenvalue weighted by Gasteiger charge is -2.24. The van der Waals surface area contributed by atoms with Crippen LogP contribution in [0.15, 0.2) is 24.3 Å². The van der Waals surface area contributed by atoms with Crippen molar-refractivity contribution in [3.63, 3.8) is 0 Å². The van der Waals surface area contributed by atoms with Gasteiger partial charge in [0.15, 0.2) is 0 Å². The normalized spacial score (nSPS) is 12.7. The van der Waals surface area contributed by atoms with Crippen LogP contribution in [0.4, 0.5) is 4.79 Å². The Balaban J connectivity index is 2.54. The van der Waals surface area contributed by atoms with E-state index in [0.717, 1.165) is 5.56 Å². The summed E-state index contributed by atoms with van der Waals surface area (Å²) in [6, 6.07) is 6.89. The fourth-order valence-corrected chi connectivity index (χ4v) is 2.68. The van der Waals surface area contributed by atoms with E-state index in [2.05, 4.69) is 10.0 Å². The maximum absolute atomic E-state index is 12.0. The molecule has 2 N–H and O–H groups in total. The smallest absolute Gasteiger partial charge is 0.317 e. The molecule has 0 unspecified atom stereocenters. The molecule has 7 nitrogen and oxygen atoms in total. The first kappa shape index (κ1) is 19.4. The van der Waals surface area contributed by atoms with Crippen molar-refractivity contribution in [1.29, 1.82) is 0 Å². The van der Waals surface area contributed by atoms with E-state index in [1.807, 2.05) is 6.92 Å². The zero-order valence-electron chi connectivity index (χ0n) is 14.0. The van der Waals surface area contributed by atoms with Crippen molar-refractivity contribution in [1.82, 2.24) is 14.9 Å². The third-order valence-corrected chi connectivity index (χ3v) is 4.86. The summed E-state index contributed by atoms with van der Waals surface area (Å²) in [4.78, 5) is 13.6. The average Bonchev–Trinajstić information content (AvgIpc) is 2.53. The third kappa shape index (κ3) is 6.55. The van der Waals surface area contributed by atoms with Gasteiger partial charge in [-0.2, -0.15) is 0 Å². The molecule has 1 rings (SSSR count). The number of benzene rings is 1. The van der Waals surface area contributed by atoms with Crippen molar-refractivity contribution in [2.24, 2.45) is 0 Å². The van der Waals surface area contributed by atoms with Gasteiger partial charge in [-0.3, -0.25) is 0 Å². The number of nitrogens with zero attached hydrogens (tertiary/aromatic N) is 1. The van der Waals surface area contributed by atoms with Crippen LogP contribution in [0.3, 0.4) is 0 Å². The van der Waals surface area contributed by atoms with Crippen LogP contribution in [0.2, 0.25) is 0 Å². The topological polar surface area (TPSA) is 87.7 Å². The molecule has 130 valence electrons. The van der Waals surface area contributed by atoms with Crippen LogP contribution in [-0.2, 0) is 27.1 Å². The van der Waals surface area contributed by atoms with E-state index < -0.39 is 10.0 Å². The van der Waals surface area contributed by atoms with Gasteiger partial charge in [-0.15, -0.1) is 0 Å². The van der Waals surface area contributed by atoms with Gasteiger partial charge < -0.3 is 15.0 Å². The Hall–Kier alpha value is -1.64. The molecule has 8 heteroatoms. The molecule has 0 bridgehead atoms.